The van der Waals surface area contributed by atoms with Crippen LogP contribution in [0.2, 0.25) is 0 Å². The van der Waals surface area contributed by atoms with Gasteiger partial charge in [0.15, 0.2) is 0 Å². The minimum Gasteiger partial charge on any atom is -0.352 e. The number of nitrogens with zero attached hydrogens (tertiary/aromatic N) is 1. The quantitative estimate of drug-likeness (QED) is 0.789. The molecule has 0 bridgehead atoms. The number of carbonyl (C=O) groups excluding carboxylic acids is 3. The maximum absolute atomic E-state index is 12.9. The third-order valence-electron chi connectivity index (χ3n) is 6.54. The third-order valence-corrected chi connectivity index (χ3v) is 6.54. The first-order valence-corrected chi connectivity index (χ1v) is 10.9. The number of hydrogen-bond acceptors (Lipinski definition) is 3. The lowest BCUT2D eigenvalue weighted by Gasteiger charge is -2.37. The third kappa shape index (κ3) is 5.45. The van der Waals surface area contributed by atoms with Crippen molar-refractivity contribution in [3.05, 3.63) is 0 Å². The van der Waals surface area contributed by atoms with E-state index in [-0.39, 0.29) is 41.6 Å². The van der Waals surface area contributed by atoms with Gasteiger partial charge in [0, 0.05) is 38.0 Å². The molecule has 0 aromatic rings. The van der Waals surface area contributed by atoms with Crippen LogP contribution in [-0.4, -0.2) is 47.8 Å². The Morgan fingerprint density at radius 3 is 2.00 bits per heavy atom. The van der Waals surface area contributed by atoms with Crippen LogP contribution in [0.4, 0.5) is 0 Å². The van der Waals surface area contributed by atoms with Gasteiger partial charge in [-0.15, -0.1) is 0 Å². The average Bonchev–Trinajstić information content (AvgIpc) is 2.69. The number of carbonyl (C=O) groups is 3. The molecule has 2 unspecified atom stereocenters. The van der Waals surface area contributed by atoms with Crippen LogP contribution in [-0.2, 0) is 14.4 Å². The molecular formula is C21H35N3O3. The highest BCUT2D eigenvalue weighted by molar-refractivity contribution is 5.82. The van der Waals surface area contributed by atoms with Gasteiger partial charge in [0.25, 0.3) is 0 Å². The smallest absolute Gasteiger partial charge is 0.225 e. The fraction of sp³-hybridized carbons (Fsp3) is 0.857. The van der Waals surface area contributed by atoms with Crippen LogP contribution in [0.25, 0.3) is 0 Å². The number of nitrogens with one attached hydrogen (secondary N) is 2. The van der Waals surface area contributed by atoms with Crippen molar-refractivity contribution in [3.63, 3.8) is 0 Å². The minimum atomic E-state index is -0.119. The molecule has 3 rings (SSSR count). The van der Waals surface area contributed by atoms with Crippen molar-refractivity contribution in [2.75, 3.05) is 13.1 Å². The van der Waals surface area contributed by atoms with Crippen LogP contribution >= 0.6 is 0 Å². The molecule has 0 aromatic carbocycles. The first-order chi connectivity index (χ1) is 13.0. The highest BCUT2D eigenvalue weighted by Gasteiger charge is 2.34. The molecule has 27 heavy (non-hydrogen) atoms. The molecule has 0 spiro atoms. The van der Waals surface area contributed by atoms with Gasteiger partial charge in [0.2, 0.25) is 17.7 Å². The maximum Gasteiger partial charge on any atom is 0.225 e. The van der Waals surface area contributed by atoms with E-state index in [9.17, 15) is 14.4 Å². The molecule has 6 nitrogen and oxygen atoms in total. The summed E-state index contributed by atoms with van der Waals surface area (Å²) in [6.45, 7) is 2.87. The molecule has 1 heterocycles. The van der Waals surface area contributed by atoms with E-state index in [1.165, 1.54) is 13.3 Å². The van der Waals surface area contributed by atoms with E-state index >= 15 is 0 Å². The first-order valence-electron chi connectivity index (χ1n) is 10.9. The Labute approximate surface area is 162 Å². The average molecular weight is 378 g/mol. The van der Waals surface area contributed by atoms with Gasteiger partial charge in [-0.05, 0) is 38.5 Å². The lowest BCUT2D eigenvalue weighted by atomic mass is 9.86. The van der Waals surface area contributed by atoms with E-state index in [0.29, 0.717) is 6.54 Å². The summed E-state index contributed by atoms with van der Waals surface area (Å²) in [5.74, 6) is 0.330. The summed E-state index contributed by atoms with van der Waals surface area (Å²) in [5, 5.41) is 6.18. The topological polar surface area (TPSA) is 78.5 Å². The van der Waals surface area contributed by atoms with Crippen LogP contribution in [0.15, 0.2) is 0 Å². The second-order valence-electron chi connectivity index (χ2n) is 8.66. The van der Waals surface area contributed by atoms with Crippen LogP contribution in [0.5, 0.6) is 0 Å². The zero-order chi connectivity index (χ0) is 19.2. The largest absolute Gasteiger partial charge is 0.352 e. The SMILES string of the molecule is CC(=O)N[C@@H]1CCCCC1NC(=O)C1CCCN(C(=O)C2CCCCC2)C1. The molecule has 6 heteroatoms. The summed E-state index contributed by atoms with van der Waals surface area (Å²) in [6, 6.07) is 0.0448. The lowest BCUT2D eigenvalue weighted by Crippen LogP contribution is -2.55. The van der Waals surface area contributed by atoms with Gasteiger partial charge in [0.05, 0.1) is 5.92 Å². The normalized spacial score (nSPS) is 29.8. The molecule has 1 aliphatic heterocycles. The molecule has 3 fully saturated rings. The van der Waals surface area contributed by atoms with E-state index in [4.69, 9.17) is 0 Å². The number of rotatable bonds is 4. The van der Waals surface area contributed by atoms with Gasteiger partial charge >= 0.3 is 0 Å². The fourth-order valence-corrected chi connectivity index (χ4v) is 5.04. The van der Waals surface area contributed by atoms with E-state index in [1.807, 2.05) is 4.90 Å². The Kier molecular flexibility index (Phi) is 7.13. The fourth-order valence-electron chi connectivity index (χ4n) is 5.04. The Hall–Kier alpha value is -1.59. The van der Waals surface area contributed by atoms with Gasteiger partial charge in [-0.3, -0.25) is 14.4 Å². The number of likely N-dealkylation sites (tertiary alicyclic amines) is 1. The molecule has 1 saturated heterocycles. The minimum absolute atomic E-state index is 0.0135. The molecular weight excluding hydrogens is 342 g/mol. The van der Waals surface area contributed by atoms with Crippen molar-refractivity contribution in [2.45, 2.75) is 89.6 Å². The summed E-state index contributed by atoms with van der Waals surface area (Å²) in [5.41, 5.74) is 0. The second-order valence-corrected chi connectivity index (χ2v) is 8.66. The molecule has 2 saturated carbocycles. The molecule has 3 atom stereocenters. The summed E-state index contributed by atoms with van der Waals surface area (Å²) in [7, 11) is 0. The zero-order valence-corrected chi connectivity index (χ0v) is 16.7. The van der Waals surface area contributed by atoms with Crippen LogP contribution in [0, 0.1) is 11.8 Å². The number of piperidine rings is 1. The highest BCUT2D eigenvalue weighted by Crippen LogP contribution is 2.28. The predicted molar refractivity (Wildman–Crippen MR) is 104 cm³/mol. The molecule has 152 valence electrons. The van der Waals surface area contributed by atoms with Crippen molar-refractivity contribution in [3.8, 4) is 0 Å². The number of hydrogen-bond donors (Lipinski definition) is 2. The molecule has 2 N–H and O–H groups in total. The van der Waals surface area contributed by atoms with Crippen LogP contribution in [0.1, 0.15) is 77.6 Å². The monoisotopic (exact) mass is 377 g/mol. The maximum atomic E-state index is 12.9. The van der Waals surface area contributed by atoms with Gasteiger partial charge in [0.1, 0.15) is 0 Å². The van der Waals surface area contributed by atoms with Gasteiger partial charge in [-0.25, -0.2) is 0 Å². The van der Waals surface area contributed by atoms with Crippen molar-refractivity contribution in [1.82, 2.24) is 15.5 Å². The summed E-state index contributed by atoms with van der Waals surface area (Å²) in [6.07, 6.45) is 11.3. The van der Waals surface area contributed by atoms with Gasteiger partial charge in [-0.2, -0.15) is 0 Å². The molecule has 2 aliphatic carbocycles. The summed E-state index contributed by atoms with van der Waals surface area (Å²) < 4.78 is 0. The van der Waals surface area contributed by atoms with Crippen LogP contribution < -0.4 is 10.6 Å². The van der Waals surface area contributed by atoms with Crippen molar-refractivity contribution < 1.29 is 14.4 Å². The number of amides is 3. The molecule has 3 aliphatic rings. The Balaban J connectivity index is 1.54. The molecule has 3 amide bonds. The van der Waals surface area contributed by atoms with Crippen molar-refractivity contribution in [2.24, 2.45) is 11.8 Å². The van der Waals surface area contributed by atoms with E-state index in [0.717, 1.165) is 70.8 Å². The lowest BCUT2D eigenvalue weighted by molar-refractivity contribution is -0.140. The first kappa shape index (κ1) is 20.2. The summed E-state index contributed by atoms with van der Waals surface area (Å²) >= 11 is 0. The van der Waals surface area contributed by atoms with Crippen LogP contribution in [0.3, 0.4) is 0 Å². The Morgan fingerprint density at radius 1 is 0.741 bits per heavy atom. The molecule has 0 aromatic heterocycles. The second kappa shape index (κ2) is 9.56. The van der Waals surface area contributed by atoms with E-state index < -0.39 is 0 Å². The van der Waals surface area contributed by atoms with E-state index in [1.54, 1.807) is 0 Å². The zero-order valence-electron chi connectivity index (χ0n) is 16.7. The van der Waals surface area contributed by atoms with Gasteiger partial charge < -0.3 is 15.5 Å². The summed E-state index contributed by atoms with van der Waals surface area (Å²) in [4.78, 5) is 39.1. The molecule has 0 radical (unpaired) electrons. The highest BCUT2D eigenvalue weighted by atomic mass is 16.2. The van der Waals surface area contributed by atoms with Gasteiger partial charge in [-0.1, -0.05) is 32.1 Å². The van der Waals surface area contributed by atoms with E-state index in [2.05, 4.69) is 10.6 Å². The Bertz CT molecular complexity index is 545. The van der Waals surface area contributed by atoms with Crippen molar-refractivity contribution >= 4 is 17.7 Å². The predicted octanol–water partition coefficient (Wildman–Crippen LogP) is 2.37. The standard InChI is InChI=1S/C21H35N3O3/c1-15(25)22-18-11-5-6-12-19(18)23-20(26)17-10-7-13-24(14-17)21(27)16-8-3-2-4-9-16/h16-19H,2-14H2,1H3,(H,22,25)(H,23,26)/t17?,18-,19?/m1/s1. The van der Waals surface area contributed by atoms with Crippen molar-refractivity contribution in [1.29, 1.82) is 0 Å². The Morgan fingerprint density at radius 2 is 1.33 bits per heavy atom.